The molecule has 18 heavy (non-hydrogen) atoms. The van der Waals surface area contributed by atoms with E-state index in [2.05, 4.69) is 6.92 Å². The molecule has 0 spiro atoms. The molecule has 0 amide bonds. The van der Waals surface area contributed by atoms with Crippen molar-refractivity contribution in [3.63, 3.8) is 0 Å². The lowest BCUT2D eigenvalue weighted by molar-refractivity contribution is 0.195. The van der Waals surface area contributed by atoms with Crippen molar-refractivity contribution in [2.45, 2.75) is 64.9 Å². The Morgan fingerprint density at radius 2 is 1.67 bits per heavy atom. The van der Waals surface area contributed by atoms with Crippen LogP contribution in [0.25, 0.3) is 0 Å². The van der Waals surface area contributed by atoms with Crippen LogP contribution in [-0.4, -0.2) is 11.2 Å². The average molecular weight is 246 g/mol. The predicted molar refractivity (Wildman–Crippen MR) is 72.6 cm³/mol. The van der Waals surface area contributed by atoms with Crippen molar-refractivity contribution in [3.8, 4) is 11.5 Å². The van der Waals surface area contributed by atoms with Crippen LogP contribution in [-0.2, 0) is 0 Å². The highest BCUT2D eigenvalue weighted by molar-refractivity contribution is 5.60. The van der Waals surface area contributed by atoms with Gasteiger partial charge in [-0.05, 0) is 56.7 Å². The third kappa shape index (κ3) is 1.54. The topological polar surface area (TPSA) is 29.5 Å². The number of phenols is 1. The van der Waals surface area contributed by atoms with Crippen molar-refractivity contribution in [2.24, 2.45) is 0 Å². The number of fused-ring (bicyclic) bond motifs is 3. The number of aromatic hydroxyl groups is 1. The highest BCUT2D eigenvalue weighted by atomic mass is 16.5. The molecule has 1 aromatic carbocycles. The highest BCUT2D eigenvalue weighted by Crippen LogP contribution is 2.50. The summed E-state index contributed by atoms with van der Waals surface area (Å²) in [4.78, 5) is 0. The first-order chi connectivity index (χ1) is 8.61. The molecule has 1 aliphatic heterocycles. The summed E-state index contributed by atoms with van der Waals surface area (Å²) in [5, 5.41) is 10.3. The molecule has 1 heterocycles. The molecule has 2 heteroatoms. The molecule has 1 aromatic rings. The zero-order valence-electron chi connectivity index (χ0n) is 11.5. The molecular formula is C16H22O2. The number of hydrogen-bond acceptors (Lipinski definition) is 2. The van der Waals surface area contributed by atoms with Gasteiger partial charge in [0, 0.05) is 11.5 Å². The van der Waals surface area contributed by atoms with Crippen molar-refractivity contribution >= 4 is 0 Å². The number of rotatable bonds is 0. The fraction of sp³-hybridized carbons (Fsp3) is 0.625. The Morgan fingerprint density at radius 1 is 0.944 bits per heavy atom. The molecule has 1 saturated carbocycles. The number of ether oxygens (including phenoxy) is 1. The summed E-state index contributed by atoms with van der Waals surface area (Å²) in [6.07, 6.45) is 6.61. The van der Waals surface area contributed by atoms with Crippen LogP contribution in [0.2, 0.25) is 0 Å². The normalized spacial score (nSPS) is 26.2. The van der Waals surface area contributed by atoms with Gasteiger partial charge in [-0.2, -0.15) is 0 Å². The van der Waals surface area contributed by atoms with Gasteiger partial charge in [0.1, 0.15) is 17.6 Å². The summed E-state index contributed by atoms with van der Waals surface area (Å²) in [6, 6.07) is 0. The lowest BCUT2D eigenvalue weighted by Crippen LogP contribution is -2.17. The summed E-state index contributed by atoms with van der Waals surface area (Å²) in [5.74, 6) is 2.05. The minimum absolute atomic E-state index is 0.348. The van der Waals surface area contributed by atoms with Gasteiger partial charge in [-0.25, -0.2) is 0 Å². The van der Waals surface area contributed by atoms with Gasteiger partial charge in [-0.1, -0.05) is 12.8 Å². The zero-order valence-corrected chi connectivity index (χ0v) is 11.5. The van der Waals surface area contributed by atoms with Gasteiger partial charge in [-0.3, -0.25) is 0 Å². The van der Waals surface area contributed by atoms with Gasteiger partial charge < -0.3 is 9.84 Å². The summed E-state index contributed by atoms with van der Waals surface area (Å²) in [6.45, 7) is 6.09. The number of hydrogen-bond donors (Lipinski definition) is 1. The van der Waals surface area contributed by atoms with Crippen LogP contribution in [0.5, 0.6) is 11.5 Å². The van der Waals surface area contributed by atoms with E-state index < -0.39 is 0 Å². The quantitative estimate of drug-likeness (QED) is 0.746. The van der Waals surface area contributed by atoms with Gasteiger partial charge in [0.2, 0.25) is 0 Å². The molecule has 1 fully saturated rings. The predicted octanol–water partition coefficient (Wildman–Crippen LogP) is 4.13. The number of benzene rings is 1. The maximum Gasteiger partial charge on any atom is 0.127 e. The van der Waals surface area contributed by atoms with Gasteiger partial charge in [-0.15, -0.1) is 0 Å². The Kier molecular flexibility index (Phi) is 2.76. The molecule has 98 valence electrons. The van der Waals surface area contributed by atoms with E-state index in [1.165, 1.54) is 31.2 Å². The Balaban J connectivity index is 2.15. The molecule has 1 N–H and O–H groups in total. The molecule has 2 aliphatic rings. The third-order valence-electron chi connectivity index (χ3n) is 4.85. The van der Waals surface area contributed by atoms with Crippen LogP contribution in [0.3, 0.4) is 0 Å². The van der Waals surface area contributed by atoms with Crippen LogP contribution in [0.4, 0.5) is 0 Å². The second-order valence-corrected chi connectivity index (χ2v) is 5.87. The fourth-order valence-electron chi connectivity index (χ4n) is 3.62. The molecule has 2 nitrogen and oxygen atoms in total. The van der Waals surface area contributed by atoms with Crippen LogP contribution < -0.4 is 4.74 Å². The van der Waals surface area contributed by atoms with Crippen molar-refractivity contribution in [1.29, 1.82) is 0 Å². The zero-order chi connectivity index (χ0) is 12.9. The van der Waals surface area contributed by atoms with Crippen LogP contribution >= 0.6 is 0 Å². The second kappa shape index (κ2) is 4.18. The van der Waals surface area contributed by atoms with E-state index in [9.17, 15) is 5.11 Å². The lowest BCUT2D eigenvalue weighted by atomic mass is 9.86. The largest absolute Gasteiger partial charge is 0.507 e. The Morgan fingerprint density at radius 3 is 2.44 bits per heavy atom. The second-order valence-electron chi connectivity index (χ2n) is 5.87. The summed E-state index contributed by atoms with van der Waals surface area (Å²) < 4.78 is 6.23. The minimum atomic E-state index is 0.348. The van der Waals surface area contributed by atoms with Gasteiger partial charge in [0.15, 0.2) is 0 Å². The highest BCUT2D eigenvalue weighted by Gasteiger charge is 2.38. The summed E-state index contributed by atoms with van der Waals surface area (Å²) >= 11 is 0. The molecule has 1 aliphatic carbocycles. The van der Waals surface area contributed by atoms with Gasteiger partial charge in [0.05, 0.1) is 0 Å². The summed E-state index contributed by atoms with van der Waals surface area (Å²) in [7, 11) is 0. The fourth-order valence-corrected chi connectivity index (χ4v) is 3.62. The number of phenolic OH excluding ortho intramolecular Hbond substituents is 1. The average Bonchev–Trinajstić information content (AvgIpc) is 2.57. The van der Waals surface area contributed by atoms with E-state index in [4.69, 9.17) is 4.74 Å². The van der Waals surface area contributed by atoms with E-state index in [1.807, 2.05) is 13.8 Å². The van der Waals surface area contributed by atoms with E-state index in [1.54, 1.807) is 0 Å². The minimum Gasteiger partial charge on any atom is -0.507 e. The first-order valence-corrected chi connectivity index (χ1v) is 7.10. The maximum atomic E-state index is 10.3. The smallest absolute Gasteiger partial charge is 0.127 e. The van der Waals surface area contributed by atoms with Crippen LogP contribution in [0.15, 0.2) is 0 Å². The summed E-state index contributed by atoms with van der Waals surface area (Å²) in [5.41, 5.74) is 4.44. The van der Waals surface area contributed by atoms with Crippen LogP contribution in [0, 0.1) is 20.8 Å². The molecule has 0 bridgehead atoms. The van der Waals surface area contributed by atoms with Crippen molar-refractivity contribution in [3.05, 3.63) is 22.3 Å². The van der Waals surface area contributed by atoms with Gasteiger partial charge >= 0.3 is 0 Å². The first kappa shape index (κ1) is 11.9. The van der Waals surface area contributed by atoms with Crippen molar-refractivity contribution in [1.82, 2.24) is 0 Å². The molecule has 0 saturated heterocycles. The Hall–Kier alpha value is -1.18. The Bertz CT molecular complexity index is 491. The monoisotopic (exact) mass is 246 g/mol. The molecule has 0 radical (unpaired) electrons. The Labute approximate surface area is 109 Å². The molecule has 2 atom stereocenters. The van der Waals surface area contributed by atoms with Gasteiger partial charge in [0.25, 0.3) is 0 Å². The van der Waals surface area contributed by atoms with Crippen molar-refractivity contribution in [2.75, 3.05) is 0 Å². The lowest BCUT2D eigenvalue weighted by Gasteiger charge is -2.16. The molecule has 3 rings (SSSR count). The maximum absolute atomic E-state index is 10.3. The third-order valence-corrected chi connectivity index (χ3v) is 4.85. The first-order valence-electron chi connectivity index (χ1n) is 7.10. The standard InChI is InChI=1S/C16H22O2/c1-9-10(2)16-14(11(3)15(9)17)12-7-5-4-6-8-13(12)18-16/h12-13,17H,4-8H2,1-3H3/t12-,13+/m0/s1. The van der Waals surface area contributed by atoms with E-state index >= 15 is 0 Å². The molecular weight excluding hydrogens is 224 g/mol. The van der Waals surface area contributed by atoms with E-state index in [0.717, 1.165) is 28.9 Å². The van der Waals surface area contributed by atoms with Crippen molar-refractivity contribution < 1.29 is 9.84 Å². The van der Waals surface area contributed by atoms with Crippen LogP contribution in [0.1, 0.15) is 60.3 Å². The molecule has 0 unspecified atom stereocenters. The SMILES string of the molecule is Cc1c(C)c2c(c(C)c1O)[C@H]1CCCCC[C@H]1O2. The van der Waals surface area contributed by atoms with E-state index in [-0.39, 0.29) is 0 Å². The van der Waals surface area contributed by atoms with E-state index in [0.29, 0.717) is 17.8 Å². The molecule has 0 aromatic heterocycles.